The Morgan fingerprint density at radius 3 is 2.88 bits per heavy atom. The second-order valence-electron chi connectivity index (χ2n) is 5.68. The van der Waals surface area contributed by atoms with Gasteiger partial charge >= 0.3 is 0 Å². The fourth-order valence-corrected chi connectivity index (χ4v) is 2.37. The molecule has 1 atom stereocenters. The van der Waals surface area contributed by atoms with Crippen LogP contribution in [0.1, 0.15) is 31.7 Å². The first kappa shape index (κ1) is 17.9. The molecule has 0 aliphatic carbocycles. The number of halogens is 1. The van der Waals surface area contributed by atoms with Gasteiger partial charge in [0.25, 0.3) is 0 Å². The molecule has 0 aliphatic rings. The zero-order valence-electron chi connectivity index (χ0n) is 14.1. The second-order valence-corrected chi connectivity index (χ2v) is 5.68. The van der Waals surface area contributed by atoms with Gasteiger partial charge in [0, 0.05) is 17.3 Å². The van der Waals surface area contributed by atoms with Crippen molar-refractivity contribution in [1.82, 2.24) is 4.98 Å². The molecule has 1 unspecified atom stereocenters. The lowest BCUT2D eigenvalue weighted by molar-refractivity contribution is 0.335. The maximum absolute atomic E-state index is 12.8. The van der Waals surface area contributed by atoms with Crippen LogP contribution in [0, 0.1) is 0 Å². The van der Waals surface area contributed by atoms with Gasteiger partial charge in [0.05, 0.1) is 11.9 Å². The molecule has 0 saturated carbocycles. The van der Waals surface area contributed by atoms with Gasteiger partial charge in [0.2, 0.25) is 0 Å². The highest BCUT2D eigenvalue weighted by molar-refractivity contribution is 5.67. The molecule has 1 heterocycles. The SMILES string of the molecule is C=CCOc1cc(-c2ccccn2)ccc1C=CCCCC(C)F. The Morgan fingerprint density at radius 2 is 2.17 bits per heavy atom. The van der Waals surface area contributed by atoms with E-state index in [1.807, 2.05) is 42.5 Å². The average Bonchev–Trinajstić information content (AvgIpc) is 2.60. The van der Waals surface area contributed by atoms with E-state index in [4.69, 9.17) is 4.74 Å². The Kier molecular flexibility index (Phi) is 7.21. The van der Waals surface area contributed by atoms with E-state index in [1.54, 1.807) is 19.2 Å². The minimum absolute atomic E-state index is 0.450. The molecule has 0 amide bonds. The number of nitrogens with zero attached hydrogens (tertiary/aromatic N) is 1. The van der Waals surface area contributed by atoms with Gasteiger partial charge in [0.15, 0.2) is 0 Å². The summed E-state index contributed by atoms with van der Waals surface area (Å²) in [5.41, 5.74) is 2.93. The molecule has 3 heteroatoms. The standard InChI is InChI=1S/C21H24FNO/c1-3-15-24-21-16-19(20-11-7-8-14-23-20)13-12-18(21)10-6-4-5-9-17(2)22/h3,6-8,10-14,16-17H,1,4-5,9,15H2,2H3. The number of benzene rings is 1. The molecule has 0 radical (unpaired) electrons. The number of unbranched alkanes of at least 4 members (excludes halogenated alkanes) is 1. The second kappa shape index (κ2) is 9.66. The van der Waals surface area contributed by atoms with Crippen molar-refractivity contribution in [2.75, 3.05) is 6.61 Å². The van der Waals surface area contributed by atoms with Crippen molar-refractivity contribution < 1.29 is 9.13 Å². The molecule has 0 fully saturated rings. The highest BCUT2D eigenvalue weighted by Gasteiger charge is 2.05. The highest BCUT2D eigenvalue weighted by atomic mass is 19.1. The van der Waals surface area contributed by atoms with Gasteiger partial charge in [-0.1, -0.05) is 43.0 Å². The number of hydrogen-bond acceptors (Lipinski definition) is 2. The summed E-state index contributed by atoms with van der Waals surface area (Å²) in [5.74, 6) is 0.799. The van der Waals surface area contributed by atoms with E-state index in [-0.39, 0.29) is 0 Å². The van der Waals surface area contributed by atoms with E-state index >= 15 is 0 Å². The molecule has 1 aromatic heterocycles. The molecule has 0 bridgehead atoms. The number of pyridine rings is 1. The van der Waals surface area contributed by atoms with Crippen molar-refractivity contribution in [2.45, 2.75) is 32.4 Å². The normalized spacial score (nSPS) is 12.2. The lowest BCUT2D eigenvalue weighted by atomic mass is 10.1. The van der Waals surface area contributed by atoms with Crippen LogP contribution in [0.15, 0.2) is 61.3 Å². The van der Waals surface area contributed by atoms with Gasteiger partial charge < -0.3 is 4.74 Å². The number of rotatable bonds is 9. The number of ether oxygens (including phenoxy) is 1. The van der Waals surface area contributed by atoms with Crippen molar-refractivity contribution >= 4 is 6.08 Å². The third kappa shape index (κ3) is 5.65. The first-order valence-electron chi connectivity index (χ1n) is 8.30. The molecule has 2 nitrogen and oxygen atoms in total. The van der Waals surface area contributed by atoms with Crippen LogP contribution >= 0.6 is 0 Å². The van der Waals surface area contributed by atoms with Crippen LogP contribution in [0.25, 0.3) is 17.3 Å². The number of hydrogen-bond donors (Lipinski definition) is 0. The molecule has 1 aromatic carbocycles. The molecule has 2 rings (SSSR count). The Balaban J connectivity index is 2.14. The van der Waals surface area contributed by atoms with Crippen LogP contribution in [0.3, 0.4) is 0 Å². The Labute approximate surface area is 143 Å². The fourth-order valence-electron chi connectivity index (χ4n) is 2.37. The summed E-state index contributed by atoms with van der Waals surface area (Å²) in [7, 11) is 0. The molecule has 0 aliphatic heterocycles. The van der Waals surface area contributed by atoms with E-state index < -0.39 is 6.17 Å². The first-order chi connectivity index (χ1) is 11.7. The van der Waals surface area contributed by atoms with Crippen LogP contribution in [0.5, 0.6) is 5.75 Å². The van der Waals surface area contributed by atoms with E-state index in [1.165, 1.54) is 0 Å². The number of allylic oxidation sites excluding steroid dienone is 1. The maximum Gasteiger partial charge on any atom is 0.127 e. The minimum atomic E-state index is -0.734. The predicted molar refractivity (Wildman–Crippen MR) is 98.8 cm³/mol. The van der Waals surface area contributed by atoms with Crippen LogP contribution < -0.4 is 4.74 Å². The molecule has 0 N–H and O–H groups in total. The average molecular weight is 325 g/mol. The summed E-state index contributed by atoms with van der Waals surface area (Å²) < 4.78 is 18.6. The third-order valence-corrected chi connectivity index (χ3v) is 3.60. The van der Waals surface area contributed by atoms with E-state index in [0.717, 1.165) is 35.4 Å². The number of alkyl halides is 1. The summed E-state index contributed by atoms with van der Waals surface area (Å²) in [6.45, 7) is 5.75. The summed E-state index contributed by atoms with van der Waals surface area (Å²) >= 11 is 0. The maximum atomic E-state index is 12.8. The van der Waals surface area contributed by atoms with Crippen molar-refractivity contribution in [3.05, 3.63) is 66.9 Å². The smallest absolute Gasteiger partial charge is 0.127 e. The number of aromatic nitrogens is 1. The monoisotopic (exact) mass is 325 g/mol. The van der Waals surface area contributed by atoms with Gasteiger partial charge in [-0.2, -0.15) is 0 Å². The quantitative estimate of drug-likeness (QED) is 0.426. The van der Waals surface area contributed by atoms with Gasteiger partial charge in [-0.25, -0.2) is 4.39 Å². The van der Waals surface area contributed by atoms with E-state index in [0.29, 0.717) is 13.0 Å². The van der Waals surface area contributed by atoms with E-state index in [9.17, 15) is 4.39 Å². The summed E-state index contributed by atoms with van der Waals surface area (Å²) in [4.78, 5) is 4.37. The predicted octanol–water partition coefficient (Wildman–Crippen LogP) is 5.85. The summed E-state index contributed by atoms with van der Waals surface area (Å²) in [6, 6.07) is 11.9. The molecule has 0 spiro atoms. The molecule has 126 valence electrons. The van der Waals surface area contributed by atoms with Crippen molar-refractivity contribution in [1.29, 1.82) is 0 Å². The largest absolute Gasteiger partial charge is 0.489 e. The Morgan fingerprint density at radius 1 is 1.29 bits per heavy atom. The zero-order chi connectivity index (χ0) is 17.2. The minimum Gasteiger partial charge on any atom is -0.489 e. The summed E-state index contributed by atoms with van der Waals surface area (Å²) in [6.07, 6.45) is 9.18. The van der Waals surface area contributed by atoms with E-state index in [2.05, 4.69) is 17.6 Å². The molecule has 2 aromatic rings. The van der Waals surface area contributed by atoms with Gasteiger partial charge in [-0.15, -0.1) is 0 Å². The topological polar surface area (TPSA) is 22.1 Å². The molecular weight excluding hydrogens is 301 g/mol. The molecule has 24 heavy (non-hydrogen) atoms. The van der Waals surface area contributed by atoms with Gasteiger partial charge in [-0.05, 0) is 44.4 Å². The Hall–Kier alpha value is -2.42. The van der Waals surface area contributed by atoms with Gasteiger partial charge in [-0.3, -0.25) is 4.98 Å². The Bertz CT molecular complexity index is 665. The lowest BCUT2D eigenvalue weighted by Crippen LogP contribution is -1.96. The lowest BCUT2D eigenvalue weighted by Gasteiger charge is -2.10. The first-order valence-corrected chi connectivity index (χ1v) is 8.30. The van der Waals surface area contributed by atoms with Crippen LogP contribution in [0.2, 0.25) is 0 Å². The third-order valence-electron chi connectivity index (χ3n) is 3.60. The fraction of sp³-hybridized carbons (Fsp3) is 0.286. The van der Waals surface area contributed by atoms with Gasteiger partial charge in [0.1, 0.15) is 12.4 Å². The van der Waals surface area contributed by atoms with Crippen molar-refractivity contribution in [3.63, 3.8) is 0 Å². The molecular formula is C21H24FNO. The van der Waals surface area contributed by atoms with Crippen molar-refractivity contribution in [2.24, 2.45) is 0 Å². The van der Waals surface area contributed by atoms with Crippen molar-refractivity contribution in [3.8, 4) is 17.0 Å². The molecule has 0 saturated heterocycles. The van der Waals surface area contributed by atoms with Crippen LogP contribution in [-0.2, 0) is 0 Å². The van der Waals surface area contributed by atoms with Crippen LogP contribution in [0.4, 0.5) is 4.39 Å². The zero-order valence-corrected chi connectivity index (χ0v) is 14.1. The highest BCUT2D eigenvalue weighted by Crippen LogP contribution is 2.27. The summed E-state index contributed by atoms with van der Waals surface area (Å²) in [5, 5.41) is 0. The van der Waals surface area contributed by atoms with Crippen LogP contribution in [-0.4, -0.2) is 17.8 Å².